The third-order valence-corrected chi connectivity index (χ3v) is 2.53. The SMILES string of the molecule is CCNC(C)(C)C(=O)NCCCc1ncn[nH]1. The lowest BCUT2D eigenvalue weighted by molar-refractivity contribution is -0.126. The van der Waals surface area contributed by atoms with Crippen LogP contribution in [0, 0.1) is 0 Å². The summed E-state index contributed by atoms with van der Waals surface area (Å²) in [5.74, 6) is 0.877. The van der Waals surface area contributed by atoms with Crippen LogP contribution in [0.2, 0.25) is 0 Å². The van der Waals surface area contributed by atoms with Gasteiger partial charge in [-0.25, -0.2) is 4.98 Å². The molecule has 1 aromatic rings. The molecule has 17 heavy (non-hydrogen) atoms. The number of amides is 1. The molecular weight excluding hydrogens is 218 g/mol. The molecule has 0 saturated heterocycles. The van der Waals surface area contributed by atoms with E-state index in [0.717, 1.165) is 25.2 Å². The summed E-state index contributed by atoms with van der Waals surface area (Å²) < 4.78 is 0. The second-order valence-corrected chi connectivity index (χ2v) is 4.45. The van der Waals surface area contributed by atoms with Crippen LogP contribution in [0.4, 0.5) is 0 Å². The monoisotopic (exact) mass is 239 g/mol. The van der Waals surface area contributed by atoms with E-state index < -0.39 is 5.54 Å². The van der Waals surface area contributed by atoms with Gasteiger partial charge in [0.2, 0.25) is 5.91 Å². The quantitative estimate of drug-likeness (QED) is 0.595. The van der Waals surface area contributed by atoms with Crippen molar-refractivity contribution in [2.45, 2.75) is 39.2 Å². The van der Waals surface area contributed by atoms with Crippen LogP contribution in [-0.2, 0) is 11.2 Å². The molecule has 0 bridgehead atoms. The van der Waals surface area contributed by atoms with Crippen molar-refractivity contribution in [1.82, 2.24) is 25.8 Å². The number of carbonyl (C=O) groups excluding carboxylic acids is 1. The summed E-state index contributed by atoms with van der Waals surface area (Å²) >= 11 is 0. The molecule has 6 nitrogen and oxygen atoms in total. The van der Waals surface area contributed by atoms with Gasteiger partial charge in [0.05, 0.1) is 5.54 Å². The summed E-state index contributed by atoms with van der Waals surface area (Å²) in [6, 6.07) is 0. The molecule has 1 amide bonds. The summed E-state index contributed by atoms with van der Waals surface area (Å²) in [5.41, 5.74) is -0.513. The predicted octanol–water partition coefficient (Wildman–Crippen LogP) is 0.242. The molecule has 0 radical (unpaired) electrons. The van der Waals surface area contributed by atoms with E-state index in [-0.39, 0.29) is 5.91 Å². The van der Waals surface area contributed by atoms with Crippen molar-refractivity contribution in [3.05, 3.63) is 12.2 Å². The first-order valence-corrected chi connectivity index (χ1v) is 5.94. The first kappa shape index (κ1) is 13.6. The van der Waals surface area contributed by atoms with Crippen molar-refractivity contribution in [2.24, 2.45) is 0 Å². The molecule has 3 N–H and O–H groups in total. The van der Waals surface area contributed by atoms with Crippen LogP contribution in [0.1, 0.15) is 33.0 Å². The molecule has 0 saturated carbocycles. The van der Waals surface area contributed by atoms with Crippen molar-refractivity contribution in [3.63, 3.8) is 0 Å². The topological polar surface area (TPSA) is 82.7 Å². The van der Waals surface area contributed by atoms with Crippen molar-refractivity contribution in [3.8, 4) is 0 Å². The van der Waals surface area contributed by atoms with Gasteiger partial charge in [-0.05, 0) is 26.8 Å². The average molecular weight is 239 g/mol. The number of hydrogen-bond donors (Lipinski definition) is 3. The van der Waals surface area contributed by atoms with Crippen molar-refractivity contribution in [1.29, 1.82) is 0 Å². The first-order chi connectivity index (χ1) is 8.06. The maximum Gasteiger partial charge on any atom is 0.239 e. The Hall–Kier alpha value is -1.43. The molecule has 0 aliphatic carbocycles. The number of hydrogen-bond acceptors (Lipinski definition) is 4. The Balaban J connectivity index is 2.20. The molecule has 96 valence electrons. The largest absolute Gasteiger partial charge is 0.355 e. The number of nitrogens with zero attached hydrogens (tertiary/aromatic N) is 2. The molecule has 1 aromatic heterocycles. The van der Waals surface area contributed by atoms with Gasteiger partial charge in [0.15, 0.2) is 0 Å². The van der Waals surface area contributed by atoms with E-state index in [1.807, 2.05) is 20.8 Å². The Labute approximate surface area is 102 Å². The van der Waals surface area contributed by atoms with Crippen molar-refractivity contribution in [2.75, 3.05) is 13.1 Å². The summed E-state index contributed by atoms with van der Waals surface area (Å²) in [7, 11) is 0. The standard InChI is InChI=1S/C11H21N5O/c1-4-14-11(2,3)10(17)12-7-5-6-9-13-8-15-16-9/h8,14H,4-7H2,1-3H3,(H,12,17)(H,13,15,16). The molecule has 0 unspecified atom stereocenters. The van der Waals surface area contributed by atoms with Crippen LogP contribution >= 0.6 is 0 Å². The van der Waals surface area contributed by atoms with E-state index >= 15 is 0 Å². The molecule has 0 aromatic carbocycles. The molecule has 1 rings (SSSR count). The molecule has 1 heterocycles. The Morgan fingerprint density at radius 3 is 2.88 bits per heavy atom. The maximum absolute atomic E-state index is 11.8. The number of likely N-dealkylation sites (N-methyl/N-ethyl adjacent to an activating group) is 1. The minimum Gasteiger partial charge on any atom is -0.355 e. The molecule has 0 aliphatic heterocycles. The summed E-state index contributed by atoms with van der Waals surface area (Å²) in [6.07, 6.45) is 3.13. The number of aromatic nitrogens is 3. The first-order valence-electron chi connectivity index (χ1n) is 5.94. The molecule has 0 atom stereocenters. The third kappa shape index (κ3) is 4.52. The highest BCUT2D eigenvalue weighted by atomic mass is 16.2. The molecule has 6 heteroatoms. The van der Waals surface area contributed by atoms with Gasteiger partial charge < -0.3 is 10.6 Å². The molecule has 0 aliphatic rings. The number of nitrogens with one attached hydrogen (secondary N) is 3. The van der Waals surface area contributed by atoms with Gasteiger partial charge in [0, 0.05) is 13.0 Å². The minimum absolute atomic E-state index is 0.0249. The zero-order chi connectivity index (χ0) is 12.7. The summed E-state index contributed by atoms with van der Waals surface area (Å²) in [5, 5.41) is 12.6. The molecule has 0 fully saturated rings. The van der Waals surface area contributed by atoms with Gasteiger partial charge in [-0.2, -0.15) is 5.10 Å². The van der Waals surface area contributed by atoms with E-state index in [0.29, 0.717) is 6.54 Å². The minimum atomic E-state index is -0.513. The third-order valence-electron chi connectivity index (χ3n) is 2.53. The smallest absolute Gasteiger partial charge is 0.239 e. The second kappa shape index (κ2) is 6.34. The van der Waals surface area contributed by atoms with Crippen LogP contribution in [-0.4, -0.2) is 39.7 Å². The average Bonchev–Trinajstić information content (AvgIpc) is 2.76. The molecule has 0 spiro atoms. The van der Waals surface area contributed by atoms with E-state index in [9.17, 15) is 4.79 Å². The van der Waals surface area contributed by atoms with Crippen molar-refractivity contribution < 1.29 is 4.79 Å². The fourth-order valence-electron chi connectivity index (χ4n) is 1.55. The molecular formula is C11H21N5O. The Morgan fingerprint density at radius 2 is 2.29 bits per heavy atom. The van der Waals surface area contributed by atoms with Gasteiger partial charge in [0.1, 0.15) is 12.2 Å². The van der Waals surface area contributed by atoms with Gasteiger partial charge in [-0.15, -0.1) is 0 Å². The van der Waals surface area contributed by atoms with Gasteiger partial charge in [-0.3, -0.25) is 9.89 Å². The lowest BCUT2D eigenvalue weighted by atomic mass is 10.0. The highest BCUT2D eigenvalue weighted by Gasteiger charge is 2.25. The summed E-state index contributed by atoms with van der Waals surface area (Å²) in [6.45, 7) is 7.16. The van der Waals surface area contributed by atoms with Crippen LogP contribution in [0.15, 0.2) is 6.33 Å². The Bertz CT molecular complexity index is 334. The van der Waals surface area contributed by atoms with Crippen LogP contribution in [0.25, 0.3) is 0 Å². The van der Waals surface area contributed by atoms with Crippen LogP contribution < -0.4 is 10.6 Å². The Kier molecular flexibility index (Phi) is 5.09. The second-order valence-electron chi connectivity index (χ2n) is 4.45. The lowest BCUT2D eigenvalue weighted by Gasteiger charge is -2.24. The number of aryl methyl sites for hydroxylation is 1. The predicted molar refractivity (Wildman–Crippen MR) is 65.5 cm³/mol. The fourth-order valence-corrected chi connectivity index (χ4v) is 1.55. The Morgan fingerprint density at radius 1 is 1.53 bits per heavy atom. The zero-order valence-corrected chi connectivity index (χ0v) is 10.7. The van der Waals surface area contributed by atoms with E-state index in [4.69, 9.17) is 0 Å². The van der Waals surface area contributed by atoms with Crippen molar-refractivity contribution >= 4 is 5.91 Å². The van der Waals surface area contributed by atoms with E-state index in [2.05, 4.69) is 25.8 Å². The number of carbonyl (C=O) groups is 1. The van der Waals surface area contributed by atoms with Crippen LogP contribution in [0.3, 0.4) is 0 Å². The lowest BCUT2D eigenvalue weighted by Crippen LogP contribution is -2.52. The number of rotatable bonds is 7. The van der Waals surface area contributed by atoms with Gasteiger partial charge in [-0.1, -0.05) is 6.92 Å². The normalized spacial score (nSPS) is 11.5. The highest BCUT2D eigenvalue weighted by molar-refractivity contribution is 5.85. The van der Waals surface area contributed by atoms with Gasteiger partial charge in [0.25, 0.3) is 0 Å². The van der Waals surface area contributed by atoms with E-state index in [1.165, 1.54) is 6.33 Å². The van der Waals surface area contributed by atoms with Gasteiger partial charge >= 0.3 is 0 Å². The number of aromatic amines is 1. The van der Waals surface area contributed by atoms with E-state index in [1.54, 1.807) is 0 Å². The maximum atomic E-state index is 11.8. The highest BCUT2D eigenvalue weighted by Crippen LogP contribution is 2.01. The zero-order valence-electron chi connectivity index (χ0n) is 10.7. The fraction of sp³-hybridized carbons (Fsp3) is 0.727. The number of H-pyrrole nitrogens is 1. The summed E-state index contributed by atoms with van der Waals surface area (Å²) in [4.78, 5) is 15.8. The van der Waals surface area contributed by atoms with Crippen LogP contribution in [0.5, 0.6) is 0 Å².